The molecule has 1 unspecified atom stereocenters. The maximum absolute atomic E-state index is 12.4. The third-order valence-electron chi connectivity index (χ3n) is 4.17. The molecule has 1 heterocycles. The zero-order valence-electron chi connectivity index (χ0n) is 12.6. The summed E-state index contributed by atoms with van der Waals surface area (Å²) in [5.74, 6) is 0.292. The van der Waals surface area contributed by atoms with E-state index in [0.717, 1.165) is 56.6 Å². The van der Waals surface area contributed by atoms with Crippen LogP contribution in [0.1, 0.15) is 56.6 Å². The lowest BCUT2D eigenvalue weighted by Gasteiger charge is -2.25. The van der Waals surface area contributed by atoms with E-state index in [4.69, 9.17) is 17.3 Å². The topological polar surface area (TPSA) is 46.3 Å². The lowest BCUT2D eigenvalue weighted by molar-refractivity contribution is -0.132. The number of carbonyl (C=O) groups is 1. The van der Waals surface area contributed by atoms with Gasteiger partial charge in [0.1, 0.15) is 0 Å². The van der Waals surface area contributed by atoms with Gasteiger partial charge in [0.2, 0.25) is 5.91 Å². The van der Waals surface area contributed by atoms with Crippen molar-refractivity contribution < 1.29 is 4.79 Å². The fourth-order valence-electron chi connectivity index (χ4n) is 3.01. The summed E-state index contributed by atoms with van der Waals surface area (Å²) in [6.45, 7) is 1.63. The van der Waals surface area contributed by atoms with E-state index in [1.807, 2.05) is 29.2 Å². The van der Waals surface area contributed by atoms with Crippen molar-refractivity contribution in [3.63, 3.8) is 0 Å². The van der Waals surface area contributed by atoms with E-state index in [2.05, 4.69) is 0 Å². The normalized spacial score (nSPS) is 18.2. The van der Waals surface area contributed by atoms with Crippen LogP contribution in [0.25, 0.3) is 0 Å². The highest BCUT2D eigenvalue weighted by Crippen LogP contribution is 2.33. The van der Waals surface area contributed by atoms with E-state index in [0.29, 0.717) is 12.3 Å². The molecule has 4 heteroatoms. The molecule has 116 valence electrons. The maximum Gasteiger partial charge on any atom is 0.223 e. The first-order valence-corrected chi connectivity index (χ1v) is 8.35. The monoisotopic (exact) mass is 308 g/mol. The van der Waals surface area contributed by atoms with Gasteiger partial charge in [-0.15, -0.1) is 0 Å². The number of hydrogen-bond donors (Lipinski definition) is 1. The first-order valence-electron chi connectivity index (χ1n) is 7.97. The second-order valence-corrected chi connectivity index (χ2v) is 6.19. The maximum atomic E-state index is 12.4. The van der Waals surface area contributed by atoms with E-state index in [-0.39, 0.29) is 6.04 Å². The van der Waals surface area contributed by atoms with Crippen molar-refractivity contribution in [2.45, 2.75) is 51.0 Å². The molecule has 0 spiro atoms. The Bertz CT molecular complexity index is 447. The third-order valence-corrected chi connectivity index (χ3v) is 4.42. The molecule has 1 aliphatic rings. The number of unbranched alkanes of at least 4 members (excludes halogenated alkanes) is 3. The second kappa shape index (κ2) is 8.40. The largest absolute Gasteiger partial charge is 0.336 e. The fraction of sp³-hybridized carbons (Fsp3) is 0.588. The van der Waals surface area contributed by atoms with Crippen LogP contribution in [0.5, 0.6) is 0 Å². The van der Waals surface area contributed by atoms with Crippen molar-refractivity contribution in [3.8, 4) is 0 Å². The fourth-order valence-corrected chi connectivity index (χ4v) is 3.14. The highest BCUT2D eigenvalue weighted by Gasteiger charge is 2.29. The molecule has 1 aliphatic heterocycles. The molecular formula is C17H25ClN2O. The smallest absolute Gasteiger partial charge is 0.223 e. The van der Waals surface area contributed by atoms with E-state index in [1.54, 1.807) is 0 Å². The van der Waals surface area contributed by atoms with Crippen LogP contribution in [0.4, 0.5) is 0 Å². The van der Waals surface area contributed by atoms with Gasteiger partial charge in [-0.05, 0) is 49.9 Å². The summed E-state index contributed by atoms with van der Waals surface area (Å²) in [5, 5.41) is 0.745. The molecule has 1 fully saturated rings. The highest BCUT2D eigenvalue weighted by atomic mass is 35.5. The number of nitrogens with zero attached hydrogens (tertiary/aromatic N) is 1. The second-order valence-electron chi connectivity index (χ2n) is 5.75. The molecule has 0 aromatic heterocycles. The van der Waals surface area contributed by atoms with Crippen LogP contribution in [-0.4, -0.2) is 23.9 Å². The minimum atomic E-state index is 0.235. The number of rotatable bonds is 7. The molecule has 1 amide bonds. The van der Waals surface area contributed by atoms with E-state index < -0.39 is 0 Å². The summed E-state index contributed by atoms with van der Waals surface area (Å²) in [5.41, 5.74) is 6.68. The van der Waals surface area contributed by atoms with Gasteiger partial charge in [0.25, 0.3) is 0 Å². The summed E-state index contributed by atoms with van der Waals surface area (Å²) >= 11 is 5.94. The van der Waals surface area contributed by atoms with Gasteiger partial charge in [-0.1, -0.05) is 36.6 Å². The summed E-state index contributed by atoms with van der Waals surface area (Å²) in [7, 11) is 0. The molecule has 1 saturated heterocycles. The van der Waals surface area contributed by atoms with Crippen LogP contribution in [-0.2, 0) is 4.79 Å². The van der Waals surface area contributed by atoms with Gasteiger partial charge < -0.3 is 10.6 Å². The average molecular weight is 309 g/mol. The molecule has 1 aromatic rings. The molecule has 0 saturated carbocycles. The molecule has 2 N–H and O–H groups in total. The quantitative estimate of drug-likeness (QED) is 0.776. The highest BCUT2D eigenvalue weighted by molar-refractivity contribution is 6.30. The SMILES string of the molecule is NCCCCCCC(=O)N1CCCC1c1ccc(Cl)cc1. The predicted molar refractivity (Wildman–Crippen MR) is 87.3 cm³/mol. The zero-order chi connectivity index (χ0) is 15.1. The van der Waals surface area contributed by atoms with Crippen molar-refractivity contribution in [2.24, 2.45) is 5.73 Å². The van der Waals surface area contributed by atoms with Crippen molar-refractivity contribution in [1.82, 2.24) is 4.90 Å². The Morgan fingerprint density at radius 1 is 1.19 bits per heavy atom. The Balaban J connectivity index is 1.86. The first-order chi connectivity index (χ1) is 10.2. The molecule has 1 aromatic carbocycles. The van der Waals surface area contributed by atoms with Crippen LogP contribution in [0.3, 0.4) is 0 Å². The molecule has 1 atom stereocenters. The van der Waals surface area contributed by atoms with Crippen molar-refractivity contribution in [3.05, 3.63) is 34.9 Å². The standard InChI is InChI=1S/C17H25ClN2O/c18-15-10-8-14(9-11-15)16-6-5-13-20(16)17(21)7-3-1-2-4-12-19/h8-11,16H,1-7,12-13,19H2. The molecule has 21 heavy (non-hydrogen) atoms. The number of benzene rings is 1. The van der Waals surface area contributed by atoms with Crippen LogP contribution < -0.4 is 5.73 Å². The van der Waals surface area contributed by atoms with E-state index >= 15 is 0 Å². The summed E-state index contributed by atoms with van der Waals surface area (Å²) < 4.78 is 0. The van der Waals surface area contributed by atoms with Gasteiger partial charge in [-0.3, -0.25) is 4.79 Å². The van der Waals surface area contributed by atoms with E-state index in [9.17, 15) is 4.79 Å². The Kier molecular flexibility index (Phi) is 6.52. The van der Waals surface area contributed by atoms with Gasteiger partial charge in [-0.25, -0.2) is 0 Å². The third kappa shape index (κ3) is 4.72. The minimum Gasteiger partial charge on any atom is -0.336 e. The summed E-state index contributed by atoms with van der Waals surface area (Å²) in [4.78, 5) is 14.5. The lowest BCUT2D eigenvalue weighted by Crippen LogP contribution is -2.30. The summed E-state index contributed by atoms with van der Waals surface area (Å²) in [6, 6.07) is 8.13. The van der Waals surface area contributed by atoms with Gasteiger partial charge in [0, 0.05) is 18.0 Å². The van der Waals surface area contributed by atoms with Crippen LogP contribution >= 0.6 is 11.6 Å². The molecule has 0 aliphatic carbocycles. The molecule has 0 bridgehead atoms. The van der Waals surface area contributed by atoms with Gasteiger partial charge in [0.15, 0.2) is 0 Å². The number of carbonyl (C=O) groups excluding carboxylic acids is 1. The average Bonchev–Trinajstić information content (AvgIpc) is 2.97. The summed E-state index contributed by atoms with van der Waals surface area (Å²) in [6.07, 6.45) is 7.07. The minimum absolute atomic E-state index is 0.235. The number of amides is 1. The lowest BCUT2D eigenvalue weighted by atomic mass is 10.0. The Hall–Kier alpha value is -1.06. The van der Waals surface area contributed by atoms with Gasteiger partial charge in [-0.2, -0.15) is 0 Å². The number of nitrogens with two attached hydrogens (primary N) is 1. The number of hydrogen-bond acceptors (Lipinski definition) is 2. The van der Waals surface area contributed by atoms with Crippen molar-refractivity contribution >= 4 is 17.5 Å². The Morgan fingerprint density at radius 2 is 1.90 bits per heavy atom. The van der Waals surface area contributed by atoms with Crippen LogP contribution in [0, 0.1) is 0 Å². The Morgan fingerprint density at radius 3 is 2.62 bits per heavy atom. The van der Waals surface area contributed by atoms with Gasteiger partial charge in [0.05, 0.1) is 6.04 Å². The van der Waals surface area contributed by atoms with Crippen LogP contribution in [0.15, 0.2) is 24.3 Å². The predicted octanol–water partition coefficient (Wildman–Crippen LogP) is 3.91. The molecule has 2 rings (SSSR count). The molecule has 0 radical (unpaired) electrons. The molecule has 3 nitrogen and oxygen atoms in total. The van der Waals surface area contributed by atoms with Crippen molar-refractivity contribution in [2.75, 3.05) is 13.1 Å². The molecular weight excluding hydrogens is 284 g/mol. The van der Waals surface area contributed by atoms with Gasteiger partial charge >= 0.3 is 0 Å². The van der Waals surface area contributed by atoms with Crippen LogP contribution in [0.2, 0.25) is 5.02 Å². The number of halogens is 1. The van der Waals surface area contributed by atoms with E-state index in [1.165, 1.54) is 5.56 Å². The Labute approximate surface area is 132 Å². The van der Waals surface area contributed by atoms with Crippen molar-refractivity contribution in [1.29, 1.82) is 0 Å². The number of likely N-dealkylation sites (tertiary alicyclic amines) is 1. The zero-order valence-corrected chi connectivity index (χ0v) is 13.3. The first kappa shape index (κ1) is 16.3.